The lowest BCUT2D eigenvalue weighted by Crippen LogP contribution is -2.39. The van der Waals surface area contributed by atoms with Crippen LogP contribution in [0, 0.1) is 25.5 Å². The molecule has 1 heterocycles. The van der Waals surface area contributed by atoms with Crippen LogP contribution in [-0.4, -0.2) is 23.7 Å². The Bertz CT molecular complexity index is 754. The van der Waals surface area contributed by atoms with E-state index in [9.17, 15) is 8.78 Å². The van der Waals surface area contributed by atoms with Gasteiger partial charge in [0.25, 0.3) is 0 Å². The predicted octanol–water partition coefficient (Wildman–Crippen LogP) is 3.80. The van der Waals surface area contributed by atoms with Crippen molar-refractivity contribution < 1.29 is 13.3 Å². The Morgan fingerprint density at radius 1 is 1.31 bits per heavy atom. The van der Waals surface area contributed by atoms with Crippen molar-refractivity contribution in [1.29, 1.82) is 0 Å². The second-order valence-electron chi connectivity index (χ2n) is 6.23. The van der Waals surface area contributed by atoms with Crippen LogP contribution in [0.4, 0.5) is 8.78 Å². The van der Waals surface area contributed by atoms with E-state index in [1.807, 2.05) is 20.8 Å². The maximum atomic E-state index is 13.9. The second kappa shape index (κ2) is 8.79. The summed E-state index contributed by atoms with van der Waals surface area (Å²) in [6.07, 6.45) is 0.674. The first kappa shape index (κ1) is 20.6. The van der Waals surface area contributed by atoms with Gasteiger partial charge in [-0.05, 0) is 39.3 Å². The fourth-order valence-electron chi connectivity index (χ4n) is 2.92. The van der Waals surface area contributed by atoms with Gasteiger partial charge in [0, 0.05) is 29.6 Å². The molecule has 1 saturated carbocycles. The van der Waals surface area contributed by atoms with Crippen LogP contribution in [0.25, 0.3) is 0 Å². The van der Waals surface area contributed by atoms with Gasteiger partial charge in [0.05, 0.1) is 12.2 Å². The summed E-state index contributed by atoms with van der Waals surface area (Å²) >= 11 is 0. The third kappa shape index (κ3) is 4.52. The van der Waals surface area contributed by atoms with Gasteiger partial charge in [-0.15, -0.1) is 24.0 Å². The van der Waals surface area contributed by atoms with Gasteiger partial charge < -0.3 is 15.2 Å². The number of nitrogens with zero attached hydrogens (tertiary/aromatic N) is 2. The molecule has 1 aromatic heterocycles. The lowest BCUT2D eigenvalue weighted by Gasteiger charge is -2.11. The molecule has 0 saturated heterocycles. The average molecular weight is 476 g/mol. The number of hydrogen-bond acceptors (Lipinski definition) is 3. The molecule has 2 aromatic rings. The summed E-state index contributed by atoms with van der Waals surface area (Å²) < 4.78 is 32.9. The van der Waals surface area contributed by atoms with Crippen molar-refractivity contribution in [3.63, 3.8) is 0 Å². The fraction of sp³-hybridized carbons (Fsp3) is 0.444. The number of nitrogens with one attached hydrogen (secondary N) is 2. The molecule has 2 atom stereocenters. The maximum Gasteiger partial charge on any atom is 0.191 e. The quantitative estimate of drug-likeness (QED) is 0.392. The normalized spacial score (nSPS) is 19.0. The molecular formula is C18H23F2IN4O. The zero-order valence-corrected chi connectivity index (χ0v) is 17.3. The van der Waals surface area contributed by atoms with Crippen LogP contribution in [0.1, 0.15) is 41.8 Å². The Morgan fingerprint density at radius 2 is 2.00 bits per heavy atom. The van der Waals surface area contributed by atoms with E-state index in [0.717, 1.165) is 17.0 Å². The van der Waals surface area contributed by atoms with Gasteiger partial charge in [-0.3, -0.25) is 0 Å². The summed E-state index contributed by atoms with van der Waals surface area (Å²) in [6, 6.07) is 3.94. The molecule has 0 radical (unpaired) electrons. The van der Waals surface area contributed by atoms with Crippen LogP contribution in [0.3, 0.4) is 0 Å². The molecule has 1 aliphatic rings. The van der Waals surface area contributed by atoms with Crippen LogP contribution in [-0.2, 0) is 6.54 Å². The smallest absolute Gasteiger partial charge is 0.191 e. The van der Waals surface area contributed by atoms with E-state index < -0.39 is 11.6 Å². The summed E-state index contributed by atoms with van der Waals surface area (Å²) in [4.78, 5) is 4.54. The van der Waals surface area contributed by atoms with Gasteiger partial charge in [0.2, 0.25) is 0 Å². The summed E-state index contributed by atoms with van der Waals surface area (Å²) in [5.41, 5.74) is 1.92. The van der Waals surface area contributed by atoms with Gasteiger partial charge in [-0.25, -0.2) is 13.8 Å². The Hall–Kier alpha value is -1.71. The number of benzene rings is 1. The summed E-state index contributed by atoms with van der Waals surface area (Å²) in [7, 11) is 0. The molecular weight excluding hydrogens is 453 g/mol. The van der Waals surface area contributed by atoms with Crippen LogP contribution in [0.15, 0.2) is 27.7 Å². The number of aryl methyl sites for hydroxylation is 2. The van der Waals surface area contributed by atoms with E-state index in [2.05, 4.69) is 20.8 Å². The molecule has 0 amide bonds. The highest BCUT2D eigenvalue weighted by atomic mass is 127. The number of hydrogen-bond donors (Lipinski definition) is 2. The number of aromatic nitrogens is 1. The van der Waals surface area contributed by atoms with Gasteiger partial charge in [-0.2, -0.15) is 0 Å². The van der Waals surface area contributed by atoms with Crippen molar-refractivity contribution in [2.75, 3.05) is 6.54 Å². The van der Waals surface area contributed by atoms with Crippen molar-refractivity contribution in [3.8, 4) is 0 Å². The molecule has 8 heteroatoms. The minimum absolute atomic E-state index is 0. The maximum absolute atomic E-state index is 13.9. The third-order valence-electron chi connectivity index (χ3n) is 4.40. The second-order valence-corrected chi connectivity index (χ2v) is 6.23. The molecule has 1 aliphatic carbocycles. The van der Waals surface area contributed by atoms with Gasteiger partial charge in [0.1, 0.15) is 17.4 Å². The first-order valence-electron chi connectivity index (χ1n) is 8.41. The summed E-state index contributed by atoms with van der Waals surface area (Å²) in [5.74, 6) is 0.199. The number of rotatable bonds is 5. The topological polar surface area (TPSA) is 62.5 Å². The van der Waals surface area contributed by atoms with E-state index in [0.29, 0.717) is 25.5 Å². The largest absolute Gasteiger partial charge is 0.361 e. The predicted molar refractivity (Wildman–Crippen MR) is 107 cm³/mol. The molecule has 26 heavy (non-hydrogen) atoms. The molecule has 2 N–H and O–H groups in total. The van der Waals surface area contributed by atoms with Crippen LogP contribution in [0.5, 0.6) is 0 Å². The highest BCUT2D eigenvalue weighted by molar-refractivity contribution is 14.0. The molecule has 0 aliphatic heterocycles. The van der Waals surface area contributed by atoms with Crippen LogP contribution in [0.2, 0.25) is 0 Å². The summed E-state index contributed by atoms with van der Waals surface area (Å²) in [6.45, 7) is 6.82. The van der Waals surface area contributed by atoms with Crippen LogP contribution >= 0.6 is 24.0 Å². The molecule has 0 bridgehead atoms. The Morgan fingerprint density at radius 3 is 2.58 bits per heavy atom. The first-order valence-corrected chi connectivity index (χ1v) is 8.41. The van der Waals surface area contributed by atoms with Gasteiger partial charge in [-0.1, -0.05) is 11.2 Å². The van der Waals surface area contributed by atoms with Crippen LogP contribution < -0.4 is 10.6 Å². The fourth-order valence-corrected chi connectivity index (χ4v) is 2.92. The number of halogens is 3. The summed E-state index contributed by atoms with van der Waals surface area (Å²) in [5, 5.41) is 10.3. The first-order chi connectivity index (χ1) is 12.0. The van der Waals surface area contributed by atoms with Crippen molar-refractivity contribution in [1.82, 2.24) is 15.8 Å². The zero-order valence-electron chi connectivity index (χ0n) is 15.0. The number of aliphatic imine (C=N–C) groups is 1. The highest BCUT2D eigenvalue weighted by Crippen LogP contribution is 2.43. The molecule has 1 aromatic carbocycles. The van der Waals surface area contributed by atoms with Crippen molar-refractivity contribution >= 4 is 29.9 Å². The van der Waals surface area contributed by atoms with Crippen molar-refractivity contribution in [3.05, 3.63) is 52.4 Å². The van der Waals surface area contributed by atoms with E-state index in [-0.39, 0.29) is 41.5 Å². The SMILES string of the molecule is CCNC(=NCc1c(C)noc1C)NC1CC1c1c(F)cccc1F.I. The van der Waals surface area contributed by atoms with E-state index in [1.54, 1.807) is 0 Å². The van der Waals surface area contributed by atoms with Crippen molar-refractivity contribution in [2.45, 2.75) is 45.7 Å². The minimum Gasteiger partial charge on any atom is -0.361 e. The van der Waals surface area contributed by atoms with Gasteiger partial charge in [0.15, 0.2) is 5.96 Å². The Balaban J connectivity index is 0.00000243. The molecule has 1 fully saturated rings. The molecule has 2 unspecified atom stereocenters. The monoisotopic (exact) mass is 476 g/mol. The van der Waals surface area contributed by atoms with Gasteiger partial charge >= 0.3 is 0 Å². The third-order valence-corrected chi connectivity index (χ3v) is 4.40. The number of guanidine groups is 1. The standard InChI is InChI=1S/C18H22F2N4O.HI/c1-4-21-18(22-9-13-10(2)24-25-11(13)3)23-16-8-12(16)17-14(19)6-5-7-15(17)20;/h5-7,12,16H,4,8-9H2,1-3H3,(H2,21,22,23);1H. The lowest BCUT2D eigenvalue weighted by atomic mass is 10.1. The molecule has 0 spiro atoms. The highest BCUT2D eigenvalue weighted by Gasteiger charge is 2.42. The minimum atomic E-state index is -0.494. The zero-order chi connectivity index (χ0) is 18.0. The van der Waals surface area contributed by atoms with E-state index in [1.165, 1.54) is 18.2 Å². The van der Waals surface area contributed by atoms with E-state index in [4.69, 9.17) is 4.52 Å². The van der Waals surface area contributed by atoms with Crippen molar-refractivity contribution in [2.24, 2.45) is 4.99 Å². The molecule has 3 rings (SSSR count). The Kier molecular flexibility index (Phi) is 6.96. The lowest BCUT2D eigenvalue weighted by molar-refractivity contribution is 0.392. The molecule has 142 valence electrons. The Labute approximate surface area is 168 Å². The molecule has 5 nitrogen and oxygen atoms in total. The van der Waals surface area contributed by atoms with E-state index >= 15 is 0 Å². The average Bonchev–Trinajstić information content (AvgIpc) is 3.23.